The van der Waals surface area contributed by atoms with Gasteiger partial charge in [-0.3, -0.25) is 19.4 Å². The number of nitrogens with zero attached hydrogens (tertiary/aromatic N) is 2. The first kappa shape index (κ1) is 20.2. The molecule has 3 N–H and O–H groups in total. The van der Waals surface area contributed by atoms with Crippen LogP contribution in [0.15, 0.2) is 53.5 Å². The molecule has 1 unspecified atom stereocenters. The van der Waals surface area contributed by atoms with Crippen molar-refractivity contribution < 1.29 is 9.59 Å². The van der Waals surface area contributed by atoms with E-state index < -0.39 is 6.04 Å². The summed E-state index contributed by atoms with van der Waals surface area (Å²) in [5, 5.41) is 13.1. The van der Waals surface area contributed by atoms with Gasteiger partial charge in [0.1, 0.15) is 6.04 Å². The lowest BCUT2D eigenvalue weighted by Gasteiger charge is -2.21. The highest BCUT2D eigenvalue weighted by atomic mass is 16.2. The number of hydrogen-bond acceptors (Lipinski definition) is 5. The first-order valence-corrected chi connectivity index (χ1v) is 9.39. The molecule has 2 heterocycles. The van der Waals surface area contributed by atoms with E-state index in [0.29, 0.717) is 16.5 Å². The largest absolute Gasteiger partial charge is 0.349 e. The van der Waals surface area contributed by atoms with Crippen LogP contribution in [-0.2, 0) is 22.6 Å². The molecule has 0 radical (unpaired) electrons. The number of rotatable bonds is 7. The molecule has 8 heteroatoms. The molecule has 3 aromatic rings. The third-order valence-electron chi connectivity index (χ3n) is 4.54. The lowest BCUT2D eigenvalue weighted by molar-refractivity contribution is -0.129. The van der Waals surface area contributed by atoms with Gasteiger partial charge in [0.05, 0.1) is 29.7 Å². The van der Waals surface area contributed by atoms with Gasteiger partial charge in [0.25, 0.3) is 5.56 Å². The summed E-state index contributed by atoms with van der Waals surface area (Å²) in [5.41, 5.74) is 0.881. The summed E-state index contributed by atoms with van der Waals surface area (Å²) in [4.78, 5) is 41.2. The number of pyridine rings is 1. The molecule has 2 aromatic heterocycles. The smallest absolute Gasteiger partial charge is 0.272 e. The molecule has 0 fully saturated rings. The summed E-state index contributed by atoms with van der Waals surface area (Å²) >= 11 is 0. The second kappa shape index (κ2) is 9.09. The first-order chi connectivity index (χ1) is 14.0. The number of nitrogens with one attached hydrogen (secondary N) is 3. The Hall–Kier alpha value is -3.55. The highest BCUT2D eigenvalue weighted by Gasteiger charge is 2.24. The van der Waals surface area contributed by atoms with E-state index >= 15 is 0 Å². The third-order valence-corrected chi connectivity index (χ3v) is 4.54. The van der Waals surface area contributed by atoms with Crippen molar-refractivity contribution in [1.29, 1.82) is 0 Å². The second-order valence-corrected chi connectivity index (χ2v) is 7.05. The van der Waals surface area contributed by atoms with Crippen molar-refractivity contribution in [3.05, 3.63) is 70.4 Å². The Morgan fingerprint density at radius 2 is 1.79 bits per heavy atom. The molecule has 0 aliphatic rings. The van der Waals surface area contributed by atoms with E-state index in [1.54, 1.807) is 36.5 Å². The maximum absolute atomic E-state index is 12.6. The highest BCUT2D eigenvalue weighted by molar-refractivity contribution is 5.91. The van der Waals surface area contributed by atoms with Gasteiger partial charge >= 0.3 is 0 Å². The van der Waals surface area contributed by atoms with Crippen LogP contribution in [0.25, 0.3) is 10.8 Å². The SMILES string of the molecule is CC(C)C(NC(=O)Cc1n[nH]c(=O)c2ccccc12)C(=O)NCc1ccccn1. The van der Waals surface area contributed by atoms with Crippen LogP contribution >= 0.6 is 0 Å². The van der Waals surface area contributed by atoms with Crippen LogP contribution in [0, 0.1) is 5.92 Å². The Morgan fingerprint density at radius 1 is 1.07 bits per heavy atom. The average Bonchev–Trinajstić information content (AvgIpc) is 2.73. The van der Waals surface area contributed by atoms with Crippen molar-refractivity contribution in [3.8, 4) is 0 Å². The predicted molar refractivity (Wildman–Crippen MR) is 109 cm³/mol. The molecule has 8 nitrogen and oxygen atoms in total. The number of benzene rings is 1. The number of aromatic nitrogens is 3. The molecule has 1 atom stereocenters. The van der Waals surface area contributed by atoms with Gasteiger partial charge in [-0.2, -0.15) is 5.10 Å². The molecule has 0 saturated heterocycles. The molecule has 0 aliphatic carbocycles. The molecule has 0 saturated carbocycles. The minimum absolute atomic E-state index is 0.0476. The van der Waals surface area contributed by atoms with E-state index in [-0.39, 0.29) is 36.3 Å². The van der Waals surface area contributed by atoms with E-state index in [2.05, 4.69) is 25.8 Å². The summed E-state index contributed by atoms with van der Waals surface area (Å²) in [6, 6.07) is 11.7. The maximum Gasteiger partial charge on any atom is 0.272 e. The van der Waals surface area contributed by atoms with Crippen molar-refractivity contribution in [3.63, 3.8) is 0 Å². The van der Waals surface area contributed by atoms with Crippen LogP contribution in [0.5, 0.6) is 0 Å². The molecule has 0 spiro atoms. The van der Waals surface area contributed by atoms with Gasteiger partial charge in [-0.25, -0.2) is 5.10 Å². The number of carbonyl (C=O) groups excluding carboxylic acids is 2. The number of carbonyl (C=O) groups is 2. The van der Waals surface area contributed by atoms with Crippen molar-refractivity contribution in [2.75, 3.05) is 0 Å². The van der Waals surface area contributed by atoms with Crippen molar-refractivity contribution >= 4 is 22.6 Å². The van der Waals surface area contributed by atoms with Crippen molar-refractivity contribution in [2.24, 2.45) is 5.92 Å². The summed E-state index contributed by atoms with van der Waals surface area (Å²) in [5.74, 6) is -0.734. The number of fused-ring (bicyclic) bond motifs is 1. The molecule has 150 valence electrons. The maximum atomic E-state index is 12.6. The number of H-pyrrole nitrogens is 1. The number of amides is 2. The quantitative estimate of drug-likeness (QED) is 0.560. The van der Waals surface area contributed by atoms with Crippen LogP contribution in [0.1, 0.15) is 25.2 Å². The third kappa shape index (κ3) is 5.04. The fourth-order valence-electron chi connectivity index (χ4n) is 3.01. The fourth-order valence-corrected chi connectivity index (χ4v) is 3.01. The van der Waals surface area contributed by atoms with Crippen LogP contribution in [0.2, 0.25) is 0 Å². The summed E-state index contributed by atoms with van der Waals surface area (Å²) in [7, 11) is 0. The Morgan fingerprint density at radius 3 is 2.48 bits per heavy atom. The lowest BCUT2D eigenvalue weighted by Crippen LogP contribution is -2.50. The lowest BCUT2D eigenvalue weighted by atomic mass is 10.0. The van der Waals surface area contributed by atoms with Gasteiger partial charge in [0, 0.05) is 11.6 Å². The number of aromatic amines is 1. The molecule has 1 aromatic carbocycles. The zero-order valence-electron chi connectivity index (χ0n) is 16.3. The van der Waals surface area contributed by atoms with Crippen molar-refractivity contribution in [2.45, 2.75) is 32.9 Å². The minimum atomic E-state index is -0.694. The van der Waals surface area contributed by atoms with E-state index in [9.17, 15) is 14.4 Å². The summed E-state index contributed by atoms with van der Waals surface area (Å²) in [6.07, 6.45) is 1.61. The summed E-state index contributed by atoms with van der Waals surface area (Å²) in [6.45, 7) is 4.00. The zero-order valence-corrected chi connectivity index (χ0v) is 16.3. The topological polar surface area (TPSA) is 117 Å². The monoisotopic (exact) mass is 393 g/mol. The van der Waals surface area contributed by atoms with E-state index in [1.165, 1.54) is 0 Å². The highest BCUT2D eigenvalue weighted by Crippen LogP contribution is 2.13. The van der Waals surface area contributed by atoms with E-state index in [0.717, 1.165) is 5.69 Å². The van der Waals surface area contributed by atoms with Gasteiger partial charge < -0.3 is 10.6 Å². The fraction of sp³-hybridized carbons (Fsp3) is 0.286. The second-order valence-electron chi connectivity index (χ2n) is 7.05. The van der Waals surface area contributed by atoms with Crippen LogP contribution < -0.4 is 16.2 Å². The Bertz CT molecular complexity index is 1060. The van der Waals surface area contributed by atoms with E-state index in [4.69, 9.17) is 0 Å². The molecular weight excluding hydrogens is 370 g/mol. The molecule has 29 heavy (non-hydrogen) atoms. The molecule has 2 amide bonds. The average molecular weight is 393 g/mol. The Balaban J connectivity index is 1.68. The van der Waals surface area contributed by atoms with Gasteiger partial charge in [-0.05, 0) is 24.1 Å². The van der Waals surface area contributed by atoms with E-state index in [1.807, 2.05) is 26.0 Å². The zero-order chi connectivity index (χ0) is 20.8. The normalized spacial score (nSPS) is 12.0. The van der Waals surface area contributed by atoms with Crippen LogP contribution in [0.4, 0.5) is 0 Å². The Kier molecular flexibility index (Phi) is 6.33. The van der Waals surface area contributed by atoms with Gasteiger partial charge in [0.2, 0.25) is 11.8 Å². The molecule has 0 bridgehead atoms. The minimum Gasteiger partial charge on any atom is -0.349 e. The van der Waals surface area contributed by atoms with Crippen LogP contribution in [0.3, 0.4) is 0 Å². The van der Waals surface area contributed by atoms with Crippen molar-refractivity contribution in [1.82, 2.24) is 25.8 Å². The first-order valence-electron chi connectivity index (χ1n) is 9.39. The summed E-state index contributed by atoms with van der Waals surface area (Å²) < 4.78 is 0. The molecule has 0 aliphatic heterocycles. The van der Waals surface area contributed by atoms with Gasteiger partial charge in [0.15, 0.2) is 0 Å². The molecular formula is C21H23N5O3. The van der Waals surface area contributed by atoms with Crippen LogP contribution in [-0.4, -0.2) is 33.0 Å². The number of hydrogen-bond donors (Lipinski definition) is 3. The Labute approximate surface area is 167 Å². The molecule has 3 rings (SSSR count). The van der Waals surface area contributed by atoms with Gasteiger partial charge in [-0.1, -0.05) is 38.1 Å². The predicted octanol–water partition coefficient (Wildman–Crippen LogP) is 1.32. The van der Waals surface area contributed by atoms with Gasteiger partial charge in [-0.15, -0.1) is 0 Å². The standard InChI is InChI=1S/C21H23N5O3/c1-13(2)19(21(29)23-12-14-7-5-6-10-22-14)24-18(27)11-17-15-8-3-4-9-16(15)20(28)26-25-17/h3-10,13,19H,11-12H2,1-2H3,(H,23,29)(H,24,27)(H,26,28).